The zero-order valence-electron chi connectivity index (χ0n) is 12.2. The van der Waals surface area contributed by atoms with Crippen molar-refractivity contribution < 1.29 is 18.1 Å². The van der Waals surface area contributed by atoms with Crippen molar-refractivity contribution in [2.45, 2.75) is 31.1 Å². The van der Waals surface area contributed by atoms with Gasteiger partial charge < -0.3 is 5.32 Å². The molecule has 3 rings (SSSR count). The smallest absolute Gasteiger partial charge is 0.314 e. The summed E-state index contributed by atoms with van der Waals surface area (Å²) in [7, 11) is 0. The molecule has 1 aliphatic heterocycles. The van der Waals surface area contributed by atoms with Crippen LogP contribution in [-0.4, -0.2) is 35.0 Å². The minimum Gasteiger partial charge on any atom is -0.314 e. The number of nitrogens with zero attached hydrogens (tertiary/aromatic N) is 2. The number of benzene rings is 1. The third-order valence-electron chi connectivity index (χ3n) is 4.48. The molecule has 1 aromatic rings. The molecule has 9 heteroatoms. The molecule has 1 spiro atoms. The molecule has 0 bridgehead atoms. The molecule has 0 amide bonds. The molecule has 5 nitrogen and oxygen atoms in total. The van der Waals surface area contributed by atoms with Crippen LogP contribution in [0, 0.1) is 10.1 Å². The highest BCUT2D eigenvalue weighted by Gasteiger charge is 2.49. The Morgan fingerprint density at radius 1 is 1.35 bits per heavy atom. The van der Waals surface area contributed by atoms with Crippen LogP contribution in [0.25, 0.3) is 0 Å². The molecule has 0 atom stereocenters. The van der Waals surface area contributed by atoms with Gasteiger partial charge in [0.25, 0.3) is 5.69 Å². The number of alkyl halides is 3. The standard InChI is InChI=1S/C14H16F3N3O2.ClH/c15-14(16,17)12-7-11(20(21)22)2-1-10(12)8-19-6-5-18-9-13(19)3-4-13;/h1-2,7,18H,3-6,8-9H2;1H. The van der Waals surface area contributed by atoms with Crippen LogP contribution in [-0.2, 0) is 12.7 Å². The molecular weight excluding hydrogens is 335 g/mol. The van der Waals surface area contributed by atoms with Crippen LogP contribution in [0.4, 0.5) is 18.9 Å². The van der Waals surface area contributed by atoms with E-state index in [-0.39, 0.29) is 30.1 Å². The molecule has 1 N–H and O–H groups in total. The maximum Gasteiger partial charge on any atom is 0.416 e. The number of halogens is 4. The molecule has 1 saturated carbocycles. The average Bonchev–Trinajstić information content (AvgIpc) is 3.21. The second-order valence-corrected chi connectivity index (χ2v) is 5.92. The lowest BCUT2D eigenvalue weighted by Gasteiger charge is -2.37. The van der Waals surface area contributed by atoms with E-state index in [1.165, 1.54) is 6.07 Å². The third kappa shape index (κ3) is 3.59. The summed E-state index contributed by atoms with van der Waals surface area (Å²) >= 11 is 0. The predicted octanol–water partition coefficient (Wildman–Crippen LogP) is 2.97. The van der Waals surface area contributed by atoms with Gasteiger partial charge in [0.15, 0.2) is 0 Å². The molecule has 128 valence electrons. The number of hydrogen-bond acceptors (Lipinski definition) is 4. The van der Waals surface area contributed by atoms with Gasteiger partial charge in [-0.05, 0) is 18.4 Å². The van der Waals surface area contributed by atoms with Crippen LogP contribution in [0.15, 0.2) is 18.2 Å². The van der Waals surface area contributed by atoms with Gasteiger partial charge in [-0.25, -0.2) is 0 Å². The van der Waals surface area contributed by atoms with Crippen LogP contribution in [0.3, 0.4) is 0 Å². The first kappa shape index (κ1) is 18.0. The lowest BCUT2D eigenvalue weighted by molar-refractivity contribution is -0.385. The van der Waals surface area contributed by atoms with E-state index in [0.717, 1.165) is 32.0 Å². The first-order chi connectivity index (χ1) is 10.3. The highest BCUT2D eigenvalue weighted by Crippen LogP contribution is 2.44. The van der Waals surface area contributed by atoms with Crippen LogP contribution in [0.1, 0.15) is 24.0 Å². The van der Waals surface area contributed by atoms with Gasteiger partial charge in [-0.1, -0.05) is 6.07 Å². The van der Waals surface area contributed by atoms with Gasteiger partial charge in [0.1, 0.15) is 0 Å². The van der Waals surface area contributed by atoms with Crippen molar-refractivity contribution >= 4 is 18.1 Å². The lowest BCUT2D eigenvalue weighted by Crippen LogP contribution is -2.52. The highest BCUT2D eigenvalue weighted by molar-refractivity contribution is 5.85. The minimum atomic E-state index is -4.59. The molecular formula is C14H17ClF3N3O2. The van der Waals surface area contributed by atoms with Crippen LogP contribution in [0.2, 0.25) is 0 Å². The number of nitro groups is 1. The van der Waals surface area contributed by atoms with Gasteiger partial charge in [0, 0.05) is 43.9 Å². The highest BCUT2D eigenvalue weighted by atomic mass is 35.5. The summed E-state index contributed by atoms with van der Waals surface area (Å²) < 4.78 is 39.6. The molecule has 0 unspecified atom stereocenters. The Bertz CT molecular complexity index is 605. The predicted molar refractivity (Wildman–Crippen MR) is 80.6 cm³/mol. The number of non-ortho nitro benzene ring substituents is 1. The van der Waals surface area contributed by atoms with Crippen molar-refractivity contribution in [3.8, 4) is 0 Å². The molecule has 1 aliphatic carbocycles. The van der Waals surface area contributed by atoms with Crippen molar-refractivity contribution in [3.63, 3.8) is 0 Å². The third-order valence-corrected chi connectivity index (χ3v) is 4.48. The molecule has 2 fully saturated rings. The zero-order chi connectivity index (χ0) is 16.0. The first-order valence-electron chi connectivity index (χ1n) is 7.12. The Balaban J connectivity index is 0.00000192. The van der Waals surface area contributed by atoms with Crippen LogP contribution in [0.5, 0.6) is 0 Å². The second kappa shape index (κ2) is 6.26. The van der Waals surface area contributed by atoms with Crippen molar-refractivity contribution in [3.05, 3.63) is 39.4 Å². The Labute approximate surface area is 137 Å². The van der Waals surface area contributed by atoms with E-state index in [9.17, 15) is 23.3 Å². The monoisotopic (exact) mass is 351 g/mol. The molecule has 2 aliphatic rings. The van der Waals surface area contributed by atoms with Gasteiger partial charge in [-0.3, -0.25) is 15.0 Å². The summed E-state index contributed by atoms with van der Waals surface area (Å²) in [5.74, 6) is 0. The van der Waals surface area contributed by atoms with E-state index < -0.39 is 22.4 Å². The van der Waals surface area contributed by atoms with Gasteiger partial charge in [-0.15, -0.1) is 12.4 Å². The first-order valence-corrected chi connectivity index (χ1v) is 7.12. The van der Waals surface area contributed by atoms with E-state index in [1.54, 1.807) is 0 Å². The van der Waals surface area contributed by atoms with Crippen molar-refractivity contribution in [1.29, 1.82) is 0 Å². The van der Waals surface area contributed by atoms with Crippen LogP contribution < -0.4 is 5.32 Å². The Hall–Kier alpha value is -1.38. The summed E-state index contributed by atoms with van der Waals surface area (Å²) in [5.41, 5.74) is -1.36. The normalized spacial score (nSPS) is 20.1. The number of piperazine rings is 1. The molecule has 0 aromatic heterocycles. The SMILES string of the molecule is Cl.O=[N+]([O-])c1ccc(CN2CCNCC23CC3)c(C(F)(F)F)c1. The molecule has 0 radical (unpaired) electrons. The summed E-state index contributed by atoms with van der Waals surface area (Å²) in [6.45, 7) is 2.40. The summed E-state index contributed by atoms with van der Waals surface area (Å²) in [5, 5.41) is 14.0. The Kier molecular flexibility index (Phi) is 4.89. The molecule has 1 heterocycles. The van der Waals surface area contributed by atoms with Gasteiger partial charge >= 0.3 is 6.18 Å². The molecule has 1 aromatic carbocycles. The quantitative estimate of drug-likeness (QED) is 0.672. The maximum absolute atomic E-state index is 13.2. The minimum absolute atomic E-state index is 0. The maximum atomic E-state index is 13.2. The summed E-state index contributed by atoms with van der Waals surface area (Å²) in [4.78, 5) is 12.0. The number of hydrogen-bond donors (Lipinski definition) is 1. The van der Waals surface area contributed by atoms with E-state index in [0.29, 0.717) is 12.6 Å². The van der Waals surface area contributed by atoms with E-state index in [1.807, 2.05) is 0 Å². The number of nitrogens with one attached hydrogen (secondary N) is 1. The van der Waals surface area contributed by atoms with Crippen molar-refractivity contribution in [2.75, 3.05) is 19.6 Å². The molecule has 1 saturated heterocycles. The molecule has 23 heavy (non-hydrogen) atoms. The van der Waals surface area contributed by atoms with Crippen molar-refractivity contribution in [1.82, 2.24) is 10.2 Å². The Morgan fingerprint density at radius 2 is 2.04 bits per heavy atom. The fraction of sp³-hybridized carbons (Fsp3) is 0.571. The largest absolute Gasteiger partial charge is 0.416 e. The summed E-state index contributed by atoms with van der Waals surface area (Å²) in [6, 6.07) is 3.02. The zero-order valence-corrected chi connectivity index (χ0v) is 13.0. The fourth-order valence-corrected chi connectivity index (χ4v) is 3.05. The second-order valence-electron chi connectivity index (χ2n) is 5.92. The number of rotatable bonds is 3. The van der Waals surface area contributed by atoms with E-state index in [4.69, 9.17) is 0 Å². The fourth-order valence-electron chi connectivity index (χ4n) is 3.05. The Morgan fingerprint density at radius 3 is 2.61 bits per heavy atom. The van der Waals surface area contributed by atoms with Crippen LogP contribution >= 0.6 is 12.4 Å². The average molecular weight is 352 g/mol. The lowest BCUT2D eigenvalue weighted by atomic mass is 10.0. The van der Waals surface area contributed by atoms with E-state index >= 15 is 0 Å². The number of nitro benzene ring substituents is 1. The van der Waals surface area contributed by atoms with E-state index in [2.05, 4.69) is 10.2 Å². The van der Waals surface area contributed by atoms with Gasteiger partial charge in [-0.2, -0.15) is 13.2 Å². The van der Waals surface area contributed by atoms with Gasteiger partial charge in [0.05, 0.1) is 10.5 Å². The van der Waals surface area contributed by atoms with Crippen molar-refractivity contribution in [2.24, 2.45) is 0 Å². The summed E-state index contributed by atoms with van der Waals surface area (Å²) in [6.07, 6.45) is -2.63. The van der Waals surface area contributed by atoms with Gasteiger partial charge in [0.2, 0.25) is 0 Å². The topological polar surface area (TPSA) is 58.4 Å².